The fraction of sp³-hybridized carbons (Fsp3) is 0.0714. The van der Waals surface area contributed by atoms with Gasteiger partial charge in [-0.2, -0.15) is 13.2 Å². The molecule has 7 heteroatoms. The van der Waals surface area contributed by atoms with Crippen LogP contribution in [0.2, 0.25) is 0 Å². The van der Waals surface area contributed by atoms with Crippen LogP contribution in [0, 0.1) is 3.57 Å². The second kappa shape index (κ2) is 5.92. The Morgan fingerprint density at radius 2 is 1.81 bits per heavy atom. The van der Waals surface area contributed by atoms with Gasteiger partial charge < -0.3 is 9.84 Å². The average Bonchev–Trinajstić information content (AvgIpc) is 2.40. The molecule has 0 aromatic heterocycles. The number of aromatic carboxylic acids is 1. The Morgan fingerprint density at radius 3 is 2.38 bits per heavy atom. The first-order chi connectivity index (χ1) is 9.79. The minimum Gasteiger partial charge on any atom is -0.478 e. The number of hydrogen-bond acceptors (Lipinski definition) is 2. The van der Waals surface area contributed by atoms with Crippen LogP contribution in [-0.4, -0.2) is 11.1 Å². The van der Waals surface area contributed by atoms with E-state index >= 15 is 0 Å². The van der Waals surface area contributed by atoms with Crippen molar-refractivity contribution in [2.75, 3.05) is 0 Å². The van der Waals surface area contributed by atoms with Crippen molar-refractivity contribution in [3.05, 3.63) is 57.2 Å². The van der Waals surface area contributed by atoms with Gasteiger partial charge >= 0.3 is 12.1 Å². The van der Waals surface area contributed by atoms with Crippen LogP contribution in [0.4, 0.5) is 13.2 Å². The molecule has 3 nitrogen and oxygen atoms in total. The molecule has 21 heavy (non-hydrogen) atoms. The molecule has 2 aromatic carbocycles. The molecule has 1 N–H and O–H groups in total. The van der Waals surface area contributed by atoms with Crippen LogP contribution in [0.3, 0.4) is 0 Å². The van der Waals surface area contributed by atoms with E-state index in [9.17, 15) is 18.0 Å². The predicted octanol–water partition coefficient (Wildman–Crippen LogP) is 4.80. The van der Waals surface area contributed by atoms with Crippen molar-refractivity contribution in [3.8, 4) is 11.5 Å². The van der Waals surface area contributed by atoms with Gasteiger partial charge in [0.1, 0.15) is 11.5 Å². The normalized spacial score (nSPS) is 11.2. The number of ether oxygens (including phenoxy) is 1. The van der Waals surface area contributed by atoms with Crippen LogP contribution in [-0.2, 0) is 6.18 Å². The predicted molar refractivity (Wildman–Crippen MR) is 77.6 cm³/mol. The maximum Gasteiger partial charge on any atom is 0.417 e. The number of para-hydroxylation sites is 1. The summed E-state index contributed by atoms with van der Waals surface area (Å²) in [6, 6.07) is 9.56. The summed E-state index contributed by atoms with van der Waals surface area (Å²) in [6.07, 6.45) is -4.73. The lowest BCUT2D eigenvalue weighted by atomic mass is 10.1. The average molecular weight is 408 g/mol. The van der Waals surface area contributed by atoms with Gasteiger partial charge in [-0.05, 0) is 52.9 Å². The van der Waals surface area contributed by atoms with Crippen LogP contribution in [0.15, 0.2) is 42.5 Å². The number of carboxylic acid groups (broad SMARTS) is 1. The SMILES string of the molecule is O=C(O)c1cc(Oc2ccccc2I)ccc1C(F)(F)F. The Kier molecular flexibility index (Phi) is 4.40. The first kappa shape index (κ1) is 15.6. The zero-order chi connectivity index (χ0) is 15.6. The third-order valence-corrected chi connectivity index (χ3v) is 3.48. The van der Waals surface area contributed by atoms with Crippen molar-refractivity contribution in [2.45, 2.75) is 6.18 Å². The van der Waals surface area contributed by atoms with E-state index in [2.05, 4.69) is 0 Å². The summed E-state index contributed by atoms with van der Waals surface area (Å²) in [5.74, 6) is -1.19. The fourth-order valence-electron chi connectivity index (χ4n) is 1.67. The van der Waals surface area contributed by atoms with Gasteiger partial charge in [-0.3, -0.25) is 0 Å². The lowest BCUT2D eigenvalue weighted by molar-refractivity contribution is -0.138. The molecule has 0 fully saturated rings. The van der Waals surface area contributed by atoms with Gasteiger partial charge in [0.25, 0.3) is 0 Å². The van der Waals surface area contributed by atoms with Gasteiger partial charge in [0, 0.05) is 0 Å². The van der Waals surface area contributed by atoms with E-state index in [-0.39, 0.29) is 5.75 Å². The molecule has 110 valence electrons. The van der Waals surface area contributed by atoms with E-state index in [1.54, 1.807) is 24.3 Å². The van der Waals surface area contributed by atoms with Crippen LogP contribution >= 0.6 is 22.6 Å². The summed E-state index contributed by atoms with van der Waals surface area (Å²) < 4.78 is 44.4. The van der Waals surface area contributed by atoms with Gasteiger partial charge in [0.05, 0.1) is 14.7 Å². The molecule has 2 aromatic rings. The molecule has 0 atom stereocenters. The molecular formula is C14H8F3IO3. The van der Waals surface area contributed by atoms with E-state index < -0.39 is 23.3 Å². The van der Waals surface area contributed by atoms with Crippen molar-refractivity contribution in [1.29, 1.82) is 0 Å². The third kappa shape index (κ3) is 3.66. The van der Waals surface area contributed by atoms with Gasteiger partial charge in [-0.1, -0.05) is 12.1 Å². The Balaban J connectivity index is 2.42. The van der Waals surface area contributed by atoms with E-state index in [4.69, 9.17) is 9.84 Å². The first-order valence-corrected chi connectivity index (χ1v) is 6.74. The largest absolute Gasteiger partial charge is 0.478 e. The molecule has 0 heterocycles. The first-order valence-electron chi connectivity index (χ1n) is 5.66. The lowest BCUT2D eigenvalue weighted by Gasteiger charge is -2.13. The van der Waals surface area contributed by atoms with Crippen LogP contribution in [0.25, 0.3) is 0 Å². The maximum absolute atomic E-state index is 12.7. The van der Waals surface area contributed by atoms with E-state index in [0.29, 0.717) is 11.8 Å². The molecular weight excluding hydrogens is 400 g/mol. The topological polar surface area (TPSA) is 46.5 Å². The minimum absolute atomic E-state index is 0.0320. The standard InChI is InChI=1S/C14H8F3IO3/c15-14(16,17)10-6-5-8(7-9(10)13(19)20)21-12-4-2-1-3-11(12)18/h1-7H,(H,19,20). The molecule has 0 aliphatic carbocycles. The monoisotopic (exact) mass is 408 g/mol. The molecule has 0 radical (unpaired) electrons. The van der Waals surface area contributed by atoms with Crippen LogP contribution in [0.1, 0.15) is 15.9 Å². The van der Waals surface area contributed by atoms with Gasteiger partial charge in [-0.25, -0.2) is 4.79 Å². The van der Waals surface area contributed by atoms with E-state index in [0.717, 1.165) is 15.7 Å². The van der Waals surface area contributed by atoms with Crippen LogP contribution in [0.5, 0.6) is 11.5 Å². The number of halogens is 4. The van der Waals surface area contributed by atoms with Crippen molar-refractivity contribution in [1.82, 2.24) is 0 Å². The lowest BCUT2D eigenvalue weighted by Crippen LogP contribution is -2.12. The molecule has 0 saturated heterocycles. The summed E-state index contributed by atoms with van der Waals surface area (Å²) in [5, 5.41) is 8.92. The Bertz CT molecular complexity index is 683. The second-order valence-corrected chi connectivity index (χ2v) is 5.20. The fourth-order valence-corrected chi connectivity index (χ4v) is 2.16. The summed E-state index contributed by atoms with van der Waals surface area (Å²) in [5.41, 5.74) is -2.05. The second-order valence-electron chi connectivity index (χ2n) is 4.04. The minimum atomic E-state index is -4.73. The van der Waals surface area contributed by atoms with Crippen molar-refractivity contribution in [2.24, 2.45) is 0 Å². The molecule has 0 aliphatic rings. The molecule has 0 spiro atoms. The molecule has 0 bridgehead atoms. The number of rotatable bonds is 3. The highest BCUT2D eigenvalue weighted by Gasteiger charge is 2.35. The number of carboxylic acids is 1. The summed E-state index contributed by atoms with van der Waals surface area (Å²) in [4.78, 5) is 11.0. The number of benzene rings is 2. The number of carbonyl (C=O) groups is 1. The molecule has 0 unspecified atom stereocenters. The maximum atomic E-state index is 12.7. The highest BCUT2D eigenvalue weighted by Crippen LogP contribution is 2.35. The Morgan fingerprint density at radius 1 is 1.14 bits per heavy atom. The summed E-state index contributed by atoms with van der Waals surface area (Å²) in [6.45, 7) is 0. The third-order valence-electron chi connectivity index (χ3n) is 2.59. The van der Waals surface area contributed by atoms with Gasteiger partial charge in [-0.15, -0.1) is 0 Å². The summed E-state index contributed by atoms with van der Waals surface area (Å²) >= 11 is 2.01. The highest BCUT2D eigenvalue weighted by molar-refractivity contribution is 14.1. The van der Waals surface area contributed by atoms with E-state index in [1.165, 1.54) is 0 Å². The number of alkyl halides is 3. The molecule has 2 rings (SSSR count). The molecule has 0 saturated carbocycles. The highest BCUT2D eigenvalue weighted by atomic mass is 127. The smallest absolute Gasteiger partial charge is 0.417 e. The van der Waals surface area contributed by atoms with Crippen molar-refractivity contribution >= 4 is 28.6 Å². The Labute approximate surface area is 131 Å². The molecule has 0 aliphatic heterocycles. The quantitative estimate of drug-likeness (QED) is 0.743. The van der Waals surface area contributed by atoms with Gasteiger partial charge in [0.2, 0.25) is 0 Å². The Hall–Kier alpha value is -1.77. The zero-order valence-electron chi connectivity index (χ0n) is 10.3. The van der Waals surface area contributed by atoms with Crippen molar-refractivity contribution < 1.29 is 27.8 Å². The molecule has 0 amide bonds. The van der Waals surface area contributed by atoms with Crippen LogP contribution < -0.4 is 4.74 Å². The summed E-state index contributed by atoms with van der Waals surface area (Å²) in [7, 11) is 0. The van der Waals surface area contributed by atoms with Gasteiger partial charge in [0.15, 0.2) is 0 Å². The van der Waals surface area contributed by atoms with E-state index in [1.807, 2.05) is 22.6 Å². The zero-order valence-corrected chi connectivity index (χ0v) is 12.5. The van der Waals surface area contributed by atoms with Crippen molar-refractivity contribution in [3.63, 3.8) is 0 Å². The number of hydrogen-bond donors (Lipinski definition) is 1.